The van der Waals surface area contributed by atoms with Crippen molar-refractivity contribution < 1.29 is 9.59 Å². The number of rotatable bonds is 9. The van der Waals surface area contributed by atoms with Gasteiger partial charge in [0.05, 0.1) is 0 Å². The summed E-state index contributed by atoms with van der Waals surface area (Å²) in [6, 6.07) is 7.57. The van der Waals surface area contributed by atoms with E-state index in [9.17, 15) is 9.59 Å². The summed E-state index contributed by atoms with van der Waals surface area (Å²) in [7, 11) is 1.47. The van der Waals surface area contributed by atoms with E-state index in [0.717, 1.165) is 53.3 Å². The summed E-state index contributed by atoms with van der Waals surface area (Å²) in [6.45, 7) is 25.9. The van der Waals surface area contributed by atoms with Gasteiger partial charge < -0.3 is 27.9 Å². The molecule has 0 spiro atoms. The van der Waals surface area contributed by atoms with E-state index in [1.165, 1.54) is 25.7 Å². The van der Waals surface area contributed by atoms with Crippen molar-refractivity contribution >= 4 is 34.5 Å². The highest BCUT2D eigenvalue weighted by atomic mass is 16.2. The number of allylic oxidation sites excluding steroid dienone is 2. The van der Waals surface area contributed by atoms with Crippen LogP contribution in [0.15, 0.2) is 47.2 Å². The van der Waals surface area contributed by atoms with Gasteiger partial charge in [0.2, 0.25) is 5.91 Å². The van der Waals surface area contributed by atoms with Gasteiger partial charge in [-0.25, -0.2) is 0 Å². The smallest absolute Gasteiger partial charge is 0.266 e. The molecule has 8 N–H and O–H groups in total. The summed E-state index contributed by atoms with van der Waals surface area (Å²) in [4.78, 5) is 26.2. The van der Waals surface area contributed by atoms with Crippen LogP contribution in [0.1, 0.15) is 114 Å². The van der Waals surface area contributed by atoms with Gasteiger partial charge in [-0.15, -0.1) is 0 Å². The van der Waals surface area contributed by atoms with Gasteiger partial charge in [0.1, 0.15) is 5.71 Å². The first kappa shape index (κ1) is 43.7. The Morgan fingerprint density at radius 2 is 1.44 bits per heavy atom. The molecule has 1 saturated carbocycles. The lowest BCUT2D eigenvalue weighted by Crippen LogP contribution is -2.25. The van der Waals surface area contributed by atoms with Crippen molar-refractivity contribution in [3.8, 4) is 0 Å². The first-order valence-corrected chi connectivity index (χ1v) is 16.4. The third kappa shape index (κ3) is 17.0. The van der Waals surface area contributed by atoms with E-state index in [-0.39, 0.29) is 11.6 Å². The zero-order valence-electron chi connectivity index (χ0n) is 30.7. The molecule has 8 nitrogen and oxygen atoms in total. The predicted octanol–water partition coefficient (Wildman–Crippen LogP) is 8.18. The maximum atomic E-state index is 12.4. The minimum absolute atomic E-state index is 0.0908. The van der Waals surface area contributed by atoms with Crippen molar-refractivity contribution in [3.05, 3.63) is 47.8 Å². The van der Waals surface area contributed by atoms with E-state index >= 15 is 0 Å². The summed E-state index contributed by atoms with van der Waals surface area (Å²) < 4.78 is 0. The molecule has 0 saturated heterocycles. The van der Waals surface area contributed by atoms with Gasteiger partial charge in [-0.05, 0) is 98.1 Å². The molecule has 2 rings (SSSR count). The monoisotopic (exact) mass is 627 g/mol. The minimum atomic E-state index is -0.570. The van der Waals surface area contributed by atoms with Gasteiger partial charge in [0, 0.05) is 36.1 Å². The number of carbonyl (C=O) groups is 2. The standard InChI is InChI=1S/C21H31N3O.C9H20.C5H9N3O.C2H6/c1-13-9-14(2)11-17(10-13)12-20(25)24-19-7-5-18(6-8-19)21(15(3)22)16(4)23;1-7(2)9(5,6)8(3)4;1-8-4(2-3-6)5(7)9;1-2/h5-8,13-14,17,22H,9-12,23H2,1-4H3,(H,24,25);7-8H,1-6H3;2-3H,6H2,1H3,(H2,7,9);1-2H3/b21-16+,22-15?;;3-2-,8-4?;. The largest absolute Gasteiger partial charge is 0.405 e. The topological polar surface area (TPSA) is 160 Å². The van der Waals surface area contributed by atoms with Crippen LogP contribution in [0.4, 0.5) is 5.69 Å². The molecule has 1 aliphatic carbocycles. The van der Waals surface area contributed by atoms with Crippen molar-refractivity contribution in [2.24, 2.45) is 57.2 Å². The Balaban J connectivity index is 0. The van der Waals surface area contributed by atoms with E-state index in [1.807, 2.05) is 38.1 Å². The second-order valence-electron chi connectivity index (χ2n) is 13.3. The molecule has 8 heteroatoms. The van der Waals surface area contributed by atoms with Gasteiger partial charge in [0.25, 0.3) is 5.91 Å². The summed E-state index contributed by atoms with van der Waals surface area (Å²) >= 11 is 0. The maximum absolute atomic E-state index is 12.4. The highest BCUT2D eigenvalue weighted by Gasteiger charge is 2.26. The predicted molar refractivity (Wildman–Crippen MR) is 196 cm³/mol. The fourth-order valence-corrected chi connectivity index (χ4v) is 5.24. The molecule has 0 radical (unpaired) electrons. The van der Waals surface area contributed by atoms with Crippen LogP contribution in [0.3, 0.4) is 0 Å². The Bertz CT molecular complexity index is 1110. The van der Waals surface area contributed by atoms with Crippen LogP contribution < -0.4 is 22.5 Å². The van der Waals surface area contributed by atoms with Crippen LogP contribution in [0.25, 0.3) is 5.57 Å². The molecular weight excluding hydrogens is 560 g/mol. The molecule has 0 aromatic heterocycles. The second kappa shape index (κ2) is 22.1. The lowest BCUT2D eigenvalue weighted by atomic mass is 9.72. The molecule has 2 unspecified atom stereocenters. The average Bonchev–Trinajstić information content (AvgIpc) is 2.93. The summed E-state index contributed by atoms with van der Waals surface area (Å²) in [6.07, 6.45) is 6.75. The average molecular weight is 627 g/mol. The molecule has 0 heterocycles. The van der Waals surface area contributed by atoms with Crippen LogP contribution in [0.2, 0.25) is 0 Å². The van der Waals surface area contributed by atoms with Gasteiger partial charge in [-0.2, -0.15) is 0 Å². The van der Waals surface area contributed by atoms with Crippen LogP contribution in [-0.2, 0) is 9.59 Å². The van der Waals surface area contributed by atoms with Crippen LogP contribution >= 0.6 is 0 Å². The van der Waals surface area contributed by atoms with E-state index < -0.39 is 5.91 Å². The molecule has 1 aromatic rings. The van der Waals surface area contributed by atoms with Gasteiger partial charge in [0.15, 0.2) is 0 Å². The van der Waals surface area contributed by atoms with Gasteiger partial charge in [-0.3, -0.25) is 14.6 Å². The number of primary amides is 1. The molecule has 0 bridgehead atoms. The molecule has 2 atom stereocenters. The van der Waals surface area contributed by atoms with E-state index in [2.05, 4.69) is 65.7 Å². The number of anilines is 1. The lowest BCUT2D eigenvalue weighted by Gasteiger charge is -2.33. The number of nitrogens with zero attached hydrogens (tertiary/aromatic N) is 1. The van der Waals surface area contributed by atoms with E-state index in [1.54, 1.807) is 13.8 Å². The van der Waals surface area contributed by atoms with Crippen LogP contribution in [0, 0.1) is 40.4 Å². The Kier molecular flexibility index (Phi) is 21.5. The number of hydrogen-bond acceptors (Lipinski definition) is 6. The minimum Gasteiger partial charge on any atom is -0.405 e. The first-order valence-electron chi connectivity index (χ1n) is 16.4. The Labute approximate surface area is 275 Å². The highest BCUT2D eigenvalue weighted by molar-refractivity contribution is 6.42. The normalized spacial score (nSPS) is 18.8. The maximum Gasteiger partial charge on any atom is 0.266 e. The summed E-state index contributed by atoms with van der Waals surface area (Å²) in [5.41, 5.74) is 19.9. The van der Waals surface area contributed by atoms with Crippen molar-refractivity contribution in [1.29, 1.82) is 5.41 Å². The molecule has 1 fully saturated rings. The molecule has 2 amide bonds. The van der Waals surface area contributed by atoms with Crippen molar-refractivity contribution in [2.75, 3.05) is 12.4 Å². The molecule has 45 heavy (non-hydrogen) atoms. The van der Waals surface area contributed by atoms with Crippen molar-refractivity contribution in [3.63, 3.8) is 0 Å². The molecule has 1 aliphatic rings. The number of nitrogens with two attached hydrogens (primary N) is 3. The number of hydrogen-bond donors (Lipinski definition) is 5. The highest BCUT2D eigenvalue weighted by Crippen LogP contribution is 2.35. The molecule has 1 aromatic carbocycles. The Morgan fingerprint density at radius 3 is 1.73 bits per heavy atom. The third-order valence-electron chi connectivity index (χ3n) is 8.70. The van der Waals surface area contributed by atoms with Gasteiger partial charge in [-0.1, -0.05) is 81.4 Å². The SMILES string of the molecule is CC.CC(=N)/C(=C(/C)N)c1ccc(NC(=O)CC2CC(C)CC(C)C2)cc1.CC(C)C(C)(C)C(C)C.CN=C(/C=C\N)C(N)=O. The molecule has 0 aliphatic heterocycles. The zero-order valence-corrected chi connectivity index (χ0v) is 30.7. The lowest BCUT2D eigenvalue weighted by molar-refractivity contribution is -0.117. The fraction of sp³-hybridized carbons (Fsp3) is 0.622. The Morgan fingerprint density at radius 1 is 0.978 bits per heavy atom. The fourth-order valence-electron chi connectivity index (χ4n) is 5.24. The third-order valence-corrected chi connectivity index (χ3v) is 8.70. The van der Waals surface area contributed by atoms with Crippen LogP contribution in [0.5, 0.6) is 0 Å². The number of amides is 2. The quantitative estimate of drug-likeness (QED) is 0.175. The van der Waals surface area contributed by atoms with Crippen LogP contribution in [-0.4, -0.2) is 30.3 Å². The number of aliphatic imine (C=N–C) groups is 1. The molecule has 256 valence electrons. The second-order valence-corrected chi connectivity index (χ2v) is 13.3. The molecular formula is C37H66N6O2. The number of carbonyl (C=O) groups excluding carboxylic acids is 2. The first-order chi connectivity index (χ1) is 20.9. The summed E-state index contributed by atoms with van der Waals surface area (Å²) in [5, 5.41) is 10.9. The zero-order chi connectivity index (χ0) is 35.5. The van der Waals surface area contributed by atoms with E-state index in [0.29, 0.717) is 29.2 Å². The Hall–Kier alpha value is -3.42. The van der Waals surface area contributed by atoms with Crippen molar-refractivity contribution in [2.45, 2.75) is 109 Å². The summed E-state index contributed by atoms with van der Waals surface area (Å²) in [5.74, 6) is 3.03. The number of nitrogens with one attached hydrogen (secondary N) is 2. The number of benzene rings is 1. The van der Waals surface area contributed by atoms with E-state index in [4.69, 9.17) is 22.6 Å². The van der Waals surface area contributed by atoms with Crippen molar-refractivity contribution in [1.82, 2.24) is 0 Å². The van der Waals surface area contributed by atoms with Gasteiger partial charge >= 0.3 is 0 Å².